The number of hydrogen-bond donors (Lipinski definition) is 1. The molecule has 0 radical (unpaired) electrons. The van der Waals surface area contributed by atoms with Crippen LogP contribution in [-0.4, -0.2) is 101 Å². The first-order chi connectivity index (χ1) is 24.0. The van der Waals surface area contributed by atoms with Crippen molar-refractivity contribution in [3.05, 3.63) is 0 Å². The van der Waals surface area contributed by atoms with Crippen LogP contribution in [0.2, 0.25) is 98.2 Å². The Balaban J connectivity index is -0.0000000288. The molecule has 0 atom stereocenters. The van der Waals surface area contributed by atoms with Crippen LogP contribution < -0.4 is 0 Å². The number of aliphatic hydroxyl groups excluding tert-OH is 1. The van der Waals surface area contributed by atoms with Crippen LogP contribution in [0.4, 0.5) is 0 Å². The van der Waals surface area contributed by atoms with Gasteiger partial charge in [0.1, 0.15) is 11.6 Å². The predicted molar refractivity (Wildman–Crippen MR) is 279 cm³/mol. The first kappa shape index (κ1) is 91.1. The van der Waals surface area contributed by atoms with Crippen molar-refractivity contribution >= 4 is 54.6 Å². The van der Waals surface area contributed by atoms with Gasteiger partial charge in [-0.05, 0) is 71.8 Å². The van der Waals surface area contributed by atoms with Crippen molar-refractivity contribution in [2.75, 3.05) is 35.5 Å². The summed E-state index contributed by atoms with van der Waals surface area (Å²) in [6, 6.07) is 0. The van der Waals surface area contributed by atoms with E-state index in [-0.39, 0.29) is 36.1 Å². The monoisotopic (exact) mass is 889 g/mol. The second kappa shape index (κ2) is 75.1. The number of ether oxygens (including phenoxy) is 1. The van der Waals surface area contributed by atoms with E-state index in [2.05, 4.69) is 151 Å². The van der Waals surface area contributed by atoms with Gasteiger partial charge in [-0.3, -0.25) is 0 Å². The van der Waals surface area contributed by atoms with Gasteiger partial charge in [-0.1, -0.05) is 166 Å². The fraction of sp³-hybridized carbons (Fsp3) is 0.953. The second-order valence-corrected chi connectivity index (χ2v) is 38.9. The van der Waals surface area contributed by atoms with Gasteiger partial charge in [0.05, 0.1) is 0 Å². The van der Waals surface area contributed by atoms with Crippen molar-refractivity contribution in [3.8, 4) is 0 Å². The highest BCUT2D eigenvalue weighted by molar-refractivity contribution is 6.74. The van der Waals surface area contributed by atoms with Crippen LogP contribution in [0.5, 0.6) is 0 Å². The number of carbonyl (C=O) groups is 2. The molecule has 1 rings (SSSR count). The van der Waals surface area contributed by atoms with Gasteiger partial charge in [0, 0.05) is 62.6 Å². The van der Waals surface area contributed by atoms with Crippen molar-refractivity contribution in [1.29, 1.82) is 0 Å². The number of carbonyl (C=O) groups excluding carboxylic acids is 2. The fourth-order valence-corrected chi connectivity index (χ4v) is 1.31. The van der Waals surface area contributed by atoms with Crippen molar-refractivity contribution in [2.24, 2.45) is 11.3 Å². The highest BCUT2D eigenvalue weighted by Crippen LogP contribution is 2.22. The molecule has 0 aromatic heterocycles. The van der Waals surface area contributed by atoms with Gasteiger partial charge in [-0.15, -0.1) is 0 Å². The molecule has 354 valence electrons. The van der Waals surface area contributed by atoms with E-state index in [0.29, 0.717) is 5.41 Å². The summed E-state index contributed by atoms with van der Waals surface area (Å²) in [5.41, 5.74) is 0.500. The summed E-state index contributed by atoms with van der Waals surface area (Å²) < 4.78 is 14.2. The minimum Gasteiger partial charge on any atom is -0.424 e. The maximum absolute atomic E-state index is 9.44. The third kappa shape index (κ3) is 846. The molecule has 0 aromatic carbocycles. The number of methoxy groups -OCH3 is 1. The summed E-state index contributed by atoms with van der Waals surface area (Å²) in [5.74, 6) is 1.37. The molecule has 0 bridgehead atoms. The van der Waals surface area contributed by atoms with E-state index in [9.17, 15) is 9.59 Å². The van der Waals surface area contributed by atoms with Gasteiger partial charge in [0.2, 0.25) is 0 Å². The van der Waals surface area contributed by atoms with Crippen LogP contribution in [0, 0.1) is 11.3 Å². The van der Waals surface area contributed by atoms with Gasteiger partial charge in [0.25, 0.3) is 0 Å². The van der Waals surface area contributed by atoms with Gasteiger partial charge in [-0.2, -0.15) is 0 Å². The maximum Gasteiger partial charge on any atom is 0.183 e. The van der Waals surface area contributed by atoms with E-state index in [1.54, 1.807) is 28.4 Å². The number of rotatable bonds is 2. The van der Waals surface area contributed by atoms with Gasteiger partial charge in [0.15, 0.2) is 17.4 Å². The molecular weight excluding hydrogens is 769 g/mol. The third-order valence-corrected chi connectivity index (χ3v) is 5.15. The molecule has 0 heterocycles. The average Bonchev–Trinajstić information content (AvgIpc) is 2.94. The van der Waals surface area contributed by atoms with Crippen molar-refractivity contribution in [2.45, 2.75) is 227 Å². The first-order valence-corrected chi connectivity index (χ1v) is 38.0. The lowest BCUT2D eigenvalue weighted by atomic mass is 9.91. The Morgan fingerprint density at radius 2 is 0.764 bits per heavy atom. The Morgan fingerprint density at radius 3 is 0.800 bits per heavy atom. The Hall–Kier alpha value is 0.224. The van der Waals surface area contributed by atoms with E-state index in [4.69, 9.17) is 14.0 Å². The molecule has 1 aliphatic rings. The van der Waals surface area contributed by atoms with E-state index >= 15 is 0 Å². The topological polar surface area (TPSA) is 114 Å². The van der Waals surface area contributed by atoms with Gasteiger partial charge >= 0.3 is 0 Å². The molecular formula is C43H120O7Si5. The molecule has 0 spiro atoms. The van der Waals surface area contributed by atoms with E-state index in [1.165, 1.54) is 66.2 Å². The van der Waals surface area contributed by atoms with E-state index in [1.807, 2.05) is 13.8 Å². The molecule has 7 nitrogen and oxygen atoms in total. The largest absolute Gasteiger partial charge is 0.424 e. The van der Waals surface area contributed by atoms with Gasteiger partial charge in [-0.25, -0.2) is 0 Å². The second-order valence-electron chi connectivity index (χ2n) is 18.7. The third-order valence-electron chi connectivity index (χ3n) is 2.98. The van der Waals surface area contributed by atoms with Crippen LogP contribution in [0.15, 0.2) is 0 Å². The number of hydrogen-bond acceptors (Lipinski definition) is 6. The molecule has 0 unspecified atom stereocenters. The Morgan fingerprint density at radius 1 is 0.655 bits per heavy atom. The van der Waals surface area contributed by atoms with Crippen LogP contribution in [0.3, 0.4) is 0 Å². The van der Waals surface area contributed by atoms with E-state index in [0.717, 1.165) is 13.0 Å². The van der Waals surface area contributed by atoms with Crippen LogP contribution in [-0.2, 0) is 23.2 Å². The zero-order chi connectivity index (χ0) is 47.3. The lowest BCUT2D eigenvalue weighted by Crippen LogP contribution is -2.22. The molecule has 0 saturated heterocycles. The van der Waals surface area contributed by atoms with Gasteiger partial charge < -0.3 is 33.8 Å². The Labute approximate surface area is 361 Å². The first-order valence-electron chi connectivity index (χ1n) is 20.9. The zero-order valence-electron chi connectivity index (χ0n) is 45.0. The van der Waals surface area contributed by atoms with Crippen molar-refractivity contribution in [3.63, 3.8) is 0 Å². The van der Waals surface area contributed by atoms with Crippen LogP contribution >= 0.6 is 0 Å². The minimum atomic E-state index is -1.13. The SMILES string of the molecule is CC.CC(C)(C)C.CC(C)=O.CC(C)=O.CC1CCCCC1.CCC.CO.COC.CO[SiH](C)C.CO[Si](C)(C)C.C[SiH](C)C.C[SiH](C)C.C[Si](C)(C)C.O.[HH]. The summed E-state index contributed by atoms with van der Waals surface area (Å²) in [4.78, 5) is 18.9. The number of ketones is 2. The fourth-order valence-electron chi connectivity index (χ4n) is 1.31. The number of Topliss-reactive ketones (excluding diaryl/α,β-unsaturated/α-hetero) is 2. The summed E-state index contributed by atoms with van der Waals surface area (Å²) >= 11 is 0. The molecule has 1 saturated carbocycles. The standard InChI is InChI=1S/C7H14.C5H12.C4H12OSi.C4H12Si.C3H10OSi.2C3H6O.2C3H10Si.C3H8.C2H6O.C2H6.CH4O.H2O.H2/c1-7-5-3-2-4-6-7;1-5(2,3)4;1-5-6(2,3)4;1-5(2,3)4;1-4-5(2)3;2*1-3(2)4;2*1-4(2)3;2*1-3-2;2*1-2;;/h7H,2-6H2,1H3;1-4H3;1-4H3;1-4H3;5H,1-3H3;2*1-2H3;2*4H,1-3H3;3H2,1-2H3;1-2H3;1-2H3;2H,1H3;1H2;1H. The highest BCUT2D eigenvalue weighted by Gasteiger charge is 2.09. The molecule has 12 heteroatoms. The Kier molecular flexibility index (Phi) is 124. The molecule has 1 fully saturated rings. The maximum atomic E-state index is 9.44. The molecule has 1 aliphatic carbocycles. The molecule has 0 amide bonds. The minimum absolute atomic E-state index is 0. The van der Waals surface area contributed by atoms with Crippen molar-refractivity contribution in [1.82, 2.24) is 0 Å². The lowest BCUT2D eigenvalue weighted by molar-refractivity contribution is -0.115. The molecule has 3 N–H and O–H groups in total. The van der Waals surface area contributed by atoms with Crippen molar-refractivity contribution < 1.29 is 35.2 Å². The number of aliphatic hydroxyl groups is 1. The van der Waals surface area contributed by atoms with E-state index < -0.39 is 25.4 Å². The van der Waals surface area contributed by atoms with Crippen LogP contribution in [0.25, 0.3) is 0 Å². The molecule has 0 aliphatic heterocycles. The zero-order valence-corrected chi connectivity index (χ0v) is 50.5. The summed E-state index contributed by atoms with van der Waals surface area (Å²) in [6.45, 7) is 59.4. The summed E-state index contributed by atoms with van der Waals surface area (Å²) in [7, 11) is 5.11. The molecule has 0 aromatic rings. The normalized spacial score (nSPS) is 10.7. The lowest BCUT2D eigenvalue weighted by Gasteiger charge is -2.15. The quantitative estimate of drug-likeness (QED) is 0.276. The molecule has 55 heavy (non-hydrogen) atoms. The van der Waals surface area contributed by atoms with Crippen LogP contribution in [0.1, 0.15) is 130 Å². The highest BCUT2D eigenvalue weighted by atomic mass is 28.4. The smallest absolute Gasteiger partial charge is 0.183 e. The Bertz CT molecular complexity index is 533. The summed E-state index contributed by atoms with van der Waals surface area (Å²) in [6.07, 6.45) is 8.69. The summed E-state index contributed by atoms with van der Waals surface area (Å²) in [5, 5.41) is 7.00. The average molecular weight is 890 g/mol. The predicted octanol–water partition coefficient (Wildman–Crippen LogP) is 13.8.